The normalized spacial score (nSPS) is 15.4. The van der Waals surface area contributed by atoms with Gasteiger partial charge in [-0.15, -0.1) is 0 Å². The third kappa shape index (κ3) is 9.48. The Balaban J connectivity index is 1.70. The minimum Gasteiger partial charge on any atom is -0.449 e. The summed E-state index contributed by atoms with van der Waals surface area (Å²) in [7, 11) is 4.01. The van der Waals surface area contributed by atoms with Crippen LogP contribution in [0.4, 0.5) is 9.59 Å². The van der Waals surface area contributed by atoms with Gasteiger partial charge in [0.05, 0.1) is 0 Å². The smallest absolute Gasteiger partial charge is 0.407 e. The van der Waals surface area contributed by atoms with Gasteiger partial charge in [0.1, 0.15) is 13.2 Å². The molecule has 30 heavy (non-hydrogen) atoms. The van der Waals surface area contributed by atoms with Gasteiger partial charge in [-0.05, 0) is 51.9 Å². The van der Waals surface area contributed by atoms with E-state index in [1.54, 1.807) is 0 Å². The monoisotopic (exact) mass is 419 g/mol. The molecule has 168 valence electrons. The van der Waals surface area contributed by atoms with Crippen LogP contribution in [-0.4, -0.2) is 64.0 Å². The van der Waals surface area contributed by atoms with Gasteiger partial charge in [0.2, 0.25) is 0 Å². The molecule has 1 aliphatic carbocycles. The Hall–Kier alpha value is -2.28. The Morgan fingerprint density at radius 3 is 2.13 bits per heavy atom. The zero-order valence-corrected chi connectivity index (χ0v) is 18.5. The maximum Gasteiger partial charge on any atom is 0.407 e. The summed E-state index contributed by atoms with van der Waals surface area (Å²) in [6, 6.07) is 10.0. The molecule has 0 atom stereocenters. The number of hydrogen-bond donors (Lipinski definition) is 2. The summed E-state index contributed by atoms with van der Waals surface area (Å²) in [5.41, 5.74) is 0.891. The first kappa shape index (κ1) is 24.0. The molecule has 2 N–H and O–H groups in total. The summed E-state index contributed by atoms with van der Waals surface area (Å²) in [4.78, 5) is 26.2. The highest BCUT2D eigenvalue weighted by molar-refractivity contribution is 5.67. The fraction of sp³-hybridized carbons (Fsp3) is 0.652. The molecule has 2 amide bonds. The summed E-state index contributed by atoms with van der Waals surface area (Å²) in [5.74, 6) is 0. The van der Waals surface area contributed by atoms with Gasteiger partial charge in [-0.25, -0.2) is 9.59 Å². The highest BCUT2D eigenvalue weighted by Crippen LogP contribution is 2.37. The second kappa shape index (κ2) is 13.1. The van der Waals surface area contributed by atoms with E-state index in [1.165, 1.54) is 12.0 Å². The summed E-state index contributed by atoms with van der Waals surface area (Å²) in [5, 5.41) is 5.61. The quantitative estimate of drug-likeness (QED) is 0.536. The van der Waals surface area contributed by atoms with E-state index in [9.17, 15) is 9.59 Å². The molecule has 0 radical (unpaired) electrons. The molecule has 7 nitrogen and oxygen atoms in total. The van der Waals surface area contributed by atoms with Gasteiger partial charge in [-0.2, -0.15) is 0 Å². The van der Waals surface area contributed by atoms with Gasteiger partial charge in [0.15, 0.2) is 0 Å². The molecule has 0 bridgehead atoms. The molecule has 1 aromatic carbocycles. The molecule has 1 saturated carbocycles. The van der Waals surface area contributed by atoms with Crippen LogP contribution in [0.5, 0.6) is 0 Å². The Morgan fingerprint density at radius 1 is 0.933 bits per heavy atom. The molecule has 0 saturated heterocycles. The van der Waals surface area contributed by atoms with Gasteiger partial charge in [-0.3, -0.25) is 0 Å². The van der Waals surface area contributed by atoms with Crippen LogP contribution in [0.1, 0.15) is 44.1 Å². The molecule has 0 aliphatic heterocycles. The summed E-state index contributed by atoms with van der Waals surface area (Å²) in [6.45, 7) is 2.59. The lowest BCUT2D eigenvalue weighted by molar-refractivity contribution is 0.00314. The zero-order chi connectivity index (χ0) is 21.7. The van der Waals surface area contributed by atoms with Gasteiger partial charge in [-0.1, -0.05) is 49.6 Å². The van der Waals surface area contributed by atoms with E-state index in [0.29, 0.717) is 13.1 Å². The van der Waals surface area contributed by atoms with Crippen molar-refractivity contribution in [1.29, 1.82) is 0 Å². The van der Waals surface area contributed by atoms with Crippen LogP contribution in [0.25, 0.3) is 0 Å². The number of carbonyl (C=O) groups excluding carboxylic acids is 2. The largest absolute Gasteiger partial charge is 0.449 e. The lowest BCUT2D eigenvalue weighted by Crippen LogP contribution is -2.39. The first-order valence-electron chi connectivity index (χ1n) is 11.0. The van der Waals surface area contributed by atoms with Crippen LogP contribution in [0.3, 0.4) is 0 Å². The van der Waals surface area contributed by atoms with E-state index in [0.717, 1.165) is 45.1 Å². The molecule has 1 aliphatic rings. The maximum absolute atomic E-state index is 12.1. The van der Waals surface area contributed by atoms with Crippen molar-refractivity contribution in [2.45, 2.75) is 44.9 Å². The van der Waals surface area contributed by atoms with Crippen molar-refractivity contribution in [3.05, 3.63) is 35.9 Å². The van der Waals surface area contributed by atoms with Crippen LogP contribution in [0.15, 0.2) is 30.3 Å². The van der Waals surface area contributed by atoms with E-state index >= 15 is 0 Å². The van der Waals surface area contributed by atoms with Crippen molar-refractivity contribution in [2.24, 2.45) is 5.41 Å². The Bertz CT molecular complexity index is 631. The Morgan fingerprint density at radius 2 is 1.53 bits per heavy atom. The number of ether oxygens (including phenoxy) is 2. The maximum atomic E-state index is 12.1. The van der Waals surface area contributed by atoms with Gasteiger partial charge < -0.3 is 25.0 Å². The first-order chi connectivity index (χ1) is 14.5. The van der Waals surface area contributed by atoms with Crippen molar-refractivity contribution in [3.8, 4) is 0 Å². The first-order valence-corrected chi connectivity index (χ1v) is 11.0. The third-order valence-corrected chi connectivity index (χ3v) is 5.51. The standard InChI is InChI=1S/C23H37N3O4/c1-26(2)17-9-15-24-21(27)29-18-23(13-7-4-8-14-23)19-30-22(28)25-16-12-20-10-5-3-6-11-20/h3,5-6,10-11H,4,7-9,12-19H2,1-2H3,(H,24,27)(H,25,28). The lowest BCUT2D eigenvalue weighted by Gasteiger charge is -2.35. The van der Waals surface area contributed by atoms with Crippen LogP contribution in [0.2, 0.25) is 0 Å². The zero-order valence-electron chi connectivity index (χ0n) is 18.5. The number of rotatable bonds is 11. The summed E-state index contributed by atoms with van der Waals surface area (Å²) < 4.78 is 11.0. The third-order valence-electron chi connectivity index (χ3n) is 5.51. The molecule has 0 spiro atoms. The van der Waals surface area contributed by atoms with Crippen molar-refractivity contribution in [2.75, 3.05) is 46.9 Å². The molecule has 7 heteroatoms. The predicted octanol–water partition coefficient (Wildman–Crippen LogP) is 3.58. The van der Waals surface area contributed by atoms with Crippen LogP contribution in [-0.2, 0) is 15.9 Å². The van der Waals surface area contributed by atoms with Crippen molar-refractivity contribution >= 4 is 12.2 Å². The fourth-order valence-corrected chi connectivity index (χ4v) is 3.71. The van der Waals surface area contributed by atoms with Crippen molar-refractivity contribution in [3.63, 3.8) is 0 Å². The fourth-order valence-electron chi connectivity index (χ4n) is 3.71. The van der Waals surface area contributed by atoms with Gasteiger partial charge in [0.25, 0.3) is 0 Å². The molecular formula is C23H37N3O4. The molecule has 0 unspecified atom stereocenters. The second-order valence-electron chi connectivity index (χ2n) is 8.46. The van der Waals surface area contributed by atoms with E-state index in [4.69, 9.17) is 9.47 Å². The topological polar surface area (TPSA) is 79.9 Å². The highest BCUT2D eigenvalue weighted by Gasteiger charge is 2.35. The van der Waals surface area contributed by atoms with E-state index in [2.05, 4.69) is 15.5 Å². The number of hydrogen-bond acceptors (Lipinski definition) is 5. The van der Waals surface area contributed by atoms with Crippen molar-refractivity contribution in [1.82, 2.24) is 15.5 Å². The van der Waals surface area contributed by atoms with Crippen molar-refractivity contribution < 1.29 is 19.1 Å². The highest BCUT2D eigenvalue weighted by atomic mass is 16.6. The van der Waals surface area contributed by atoms with Crippen LogP contribution >= 0.6 is 0 Å². The number of amides is 2. The van der Waals surface area contributed by atoms with E-state index in [1.807, 2.05) is 44.4 Å². The van der Waals surface area contributed by atoms with Crippen LogP contribution < -0.4 is 10.6 Å². The molecule has 1 aromatic rings. The average molecular weight is 420 g/mol. The molecule has 0 heterocycles. The number of nitrogens with one attached hydrogen (secondary N) is 2. The summed E-state index contributed by atoms with van der Waals surface area (Å²) in [6.07, 6.45) is 5.92. The lowest BCUT2D eigenvalue weighted by atomic mass is 9.75. The minimum atomic E-state index is -0.413. The average Bonchev–Trinajstić information content (AvgIpc) is 2.75. The molecule has 2 rings (SSSR count). The number of alkyl carbamates (subject to hydrolysis) is 2. The number of nitrogens with zero attached hydrogens (tertiary/aromatic N) is 1. The Labute approximate surface area is 180 Å². The molecule has 1 fully saturated rings. The number of carbonyl (C=O) groups is 2. The molecule has 0 aromatic heterocycles. The van der Waals surface area contributed by atoms with Gasteiger partial charge >= 0.3 is 12.2 Å². The van der Waals surface area contributed by atoms with E-state index < -0.39 is 12.2 Å². The van der Waals surface area contributed by atoms with Gasteiger partial charge in [0, 0.05) is 18.5 Å². The van der Waals surface area contributed by atoms with E-state index in [-0.39, 0.29) is 18.6 Å². The Kier molecular flexibility index (Phi) is 10.5. The minimum absolute atomic E-state index is 0.276. The number of benzene rings is 1. The molecular weight excluding hydrogens is 382 g/mol. The SMILES string of the molecule is CN(C)CCCNC(=O)OCC1(COC(=O)NCCc2ccccc2)CCCCC1. The summed E-state index contributed by atoms with van der Waals surface area (Å²) >= 11 is 0. The van der Waals surface area contributed by atoms with Crippen LogP contribution in [0, 0.1) is 5.41 Å². The second-order valence-corrected chi connectivity index (χ2v) is 8.46. The predicted molar refractivity (Wildman–Crippen MR) is 118 cm³/mol.